The van der Waals surface area contributed by atoms with Gasteiger partial charge in [0.2, 0.25) is 0 Å². The molecule has 84 valence electrons. The summed E-state index contributed by atoms with van der Waals surface area (Å²) in [6, 6.07) is 5.14. The maximum atomic E-state index is 13.3. The van der Waals surface area contributed by atoms with E-state index in [1.807, 2.05) is 19.3 Å². The SMILES string of the molecule is Cc1ccc(NCc2cnn(C)c2)cc1F. The molecular weight excluding hydrogens is 205 g/mol. The Morgan fingerprint density at radius 2 is 2.25 bits per heavy atom. The highest BCUT2D eigenvalue weighted by molar-refractivity contribution is 5.45. The molecule has 0 spiro atoms. The van der Waals surface area contributed by atoms with Crippen molar-refractivity contribution < 1.29 is 4.39 Å². The predicted octanol–water partition coefficient (Wildman–Crippen LogP) is 2.48. The Hall–Kier alpha value is -1.84. The number of rotatable bonds is 3. The van der Waals surface area contributed by atoms with Crippen LogP contribution in [-0.4, -0.2) is 9.78 Å². The van der Waals surface area contributed by atoms with Gasteiger partial charge in [-0.1, -0.05) is 6.07 Å². The maximum absolute atomic E-state index is 13.3. The van der Waals surface area contributed by atoms with Gasteiger partial charge in [-0.25, -0.2) is 4.39 Å². The van der Waals surface area contributed by atoms with Crippen LogP contribution in [0.25, 0.3) is 0 Å². The summed E-state index contributed by atoms with van der Waals surface area (Å²) in [5.41, 5.74) is 2.52. The van der Waals surface area contributed by atoms with E-state index in [4.69, 9.17) is 0 Å². The highest BCUT2D eigenvalue weighted by Gasteiger charge is 2.00. The van der Waals surface area contributed by atoms with E-state index in [1.165, 1.54) is 6.07 Å². The number of nitrogens with one attached hydrogen (secondary N) is 1. The van der Waals surface area contributed by atoms with Crippen LogP contribution < -0.4 is 5.32 Å². The van der Waals surface area contributed by atoms with E-state index in [-0.39, 0.29) is 5.82 Å². The number of hydrogen-bond acceptors (Lipinski definition) is 2. The third-order valence-corrected chi connectivity index (χ3v) is 2.43. The molecule has 0 fully saturated rings. The van der Waals surface area contributed by atoms with Crippen LogP contribution in [0.1, 0.15) is 11.1 Å². The van der Waals surface area contributed by atoms with Crippen molar-refractivity contribution >= 4 is 5.69 Å². The maximum Gasteiger partial charge on any atom is 0.128 e. The summed E-state index contributed by atoms with van der Waals surface area (Å²) in [5.74, 6) is -0.184. The van der Waals surface area contributed by atoms with Crippen LogP contribution in [-0.2, 0) is 13.6 Å². The molecule has 0 aliphatic heterocycles. The zero-order valence-corrected chi connectivity index (χ0v) is 9.37. The van der Waals surface area contributed by atoms with Crippen molar-refractivity contribution in [1.82, 2.24) is 9.78 Å². The average molecular weight is 219 g/mol. The van der Waals surface area contributed by atoms with Gasteiger partial charge in [0, 0.05) is 31.0 Å². The largest absolute Gasteiger partial charge is 0.381 e. The van der Waals surface area contributed by atoms with Crippen LogP contribution in [0.15, 0.2) is 30.6 Å². The molecule has 1 heterocycles. The number of halogens is 1. The lowest BCUT2D eigenvalue weighted by molar-refractivity contribution is 0.619. The van der Waals surface area contributed by atoms with Gasteiger partial charge in [0.05, 0.1) is 6.20 Å². The van der Waals surface area contributed by atoms with E-state index in [9.17, 15) is 4.39 Å². The highest BCUT2D eigenvalue weighted by atomic mass is 19.1. The van der Waals surface area contributed by atoms with E-state index in [0.29, 0.717) is 12.1 Å². The zero-order valence-electron chi connectivity index (χ0n) is 9.37. The van der Waals surface area contributed by atoms with Crippen molar-refractivity contribution in [3.63, 3.8) is 0 Å². The minimum absolute atomic E-state index is 0.184. The van der Waals surface area contributed by atoms with Crippen LogP contribution in [0.5, 0.6) is 0 Å². The average Bonchev–Trinajstić information content (AvgIpc) is 2.66. The Kier molecular flexibility index (Phi) is 2.90. The van der Waals surface area contributed by atoms with Gasteiger partial charge in [-0.05, 0) is 24.6 Å². The molecule has 2 rings (SSSR count). The summed E-state index contributed by atoms with van der Waals surface area (Å²) in [6.07, 6.45) is 3.72. The van der Waals surface area contributed by atoms with E-state index >= 15 is 0 Å². The van der Waals surface area contributed by atoms with Gasteiger partial charge >= 0.3 is 0 Å². The molecule has 0 saturated carbocycles. The van der Waals surface area contributed by atoms with Crippen molar-refractivity contribution in [2.24, 2.45) is 7.05 Å². The van der Waals surface area contributed by atoms with Crippen LogP contribution in [0.2, 0.25) is 0 Å². The smallest absolute Gasteiger partial charge is 0.128 e. The number of hydrogen-bond donors (Lipinski definition) is 1. The predicted molar refractivity (Wildman–Crippen MR) is 61.7 cm³/mol. The van der Waals surface area contributed by atoms with Gasteiger partial charge in [0.1, 0.15) is 5.82 Å². The number of anilines is 1. The van der Waals surface area contributed by atoms with Gasteiger partial charge in [-0.15, -0.1) is 0 Å². The van der Waals surface area contributed by atoms with Crippen LogP contribution >= 0.6 is 0 Å². The fourth-order valence-corrected chi connectivity index (χ4v) is 1.47. The zero-order chi connectivity index (χ0) is 11.5. The third kappa shape index (κ3) is 2.39. The molecule has 1 aromatic carbocycles. The summed E-state index contributed by atoms with van der Waals surface area (Å²) < 4.78 is 15.0. The molecule has 0 saturated heterocycles. The van der Waals surface area contributed by atoms with Crippen molar-refractivity contribution in [2.45, 2.75) is 13.5 Å². The van der Waals surface area contributed by atoms with Crippen molar-refractivity contribution in [3.05, 3.63) is 47.5 Å². The van der Waals surface area contributed by atoms with Crippen LogP contribution in [0.4, 0.5) is 10.1 Å². The molecule has 0 bridgehead atoms. The Bertz CT molecular complexity index is 491. The lowest BCUT2D eigenvalue weighted by Crippen LogP contribution is -1.99. The van der Waals surface area contributed by atoms with Gasteiger partial charge in [-0.2, -0.15) is 5.10 Å². The lowest BCUT2D eigenvalue weighted by atomic mass is 10.2. The first-order valence-corrected chi connectivity index (χ1v) is 5.13. The van der Waals surface area contributed by atoms with E-state index in [1.54, 1.807) is 23.9 Å². The fraction of sp³-hybridized carbons (Fsp3) is 0.250. The first-order valence-electron chi connectivity index (χ1n) is 5.13. The van der Waals surface area contributed by atoms with E-state index < -0.39 is 0 Å². The molecule has 1 N–H and O–H groups in total. The standard InChI is InChI=1S/C12H14FN3/c1-9-3-4-11(5-12(9)13)14-6-10-7-15-16(2)8-10/h3-5,7-8,14H,6H2,1-2H3. The molecule has 0 atom stereocenters. The second-order valence-electron chi connectivity index (χ2n) is 3.84. The van der Waals surface area contributed by atoms with Crippen LogP contribution in [0.3, 0.4) is 0 Å². The van der Waals surface area contributed by atoms with E-state index in [0.717, 1.165) is 11.3 Å². The number of benzene rings is 1. The Morgan fingerprint density at radius 1 is 1.44 bits per heavy atom. The molecule has 16 heavy (non-hydrogen) atoms. The minimum atomic E-state index is -0.184. The summed E-state index contributed by atoms with van der Waals surface area (Å²) in [6.45, 7) is 2.40. The summed E-state index contributed by atoms with van der Waals surface area (Å²) in [7, 11) is 1.87. The summed E-state index contributed by atoms with van der Waals surface area (Å²) >= 11 is 0. The molecule has 0 aliphatic rings. The molecule has 4 heteroatoms. The van der Waals surface area contributed by atoms with Gasteiger partial charge in [0.15, 0.2) is 0 Å². The van der Waals surface area contributed by atoms with Crippen molar-refractivity contribution in [1.29, 1.82) is 0 Å². The number of nitrogens with zero attached hydrogens (tertiary/aromatic N) is 2. The second kappa shape index (κ2) is 4.35. The van der Waals surface area contributed by atoms with Gasteiger partial charge in [0.25, 0.3) is 0 Å². The molecule has 0 amide bonds. The number of aromatic nitrogens is 2. The molecule has 0 radical (unpaired) electrons. The quantitative estimate of drug-likeness (QED) is 0.859. The number of aryl methyl sites for hydroxylation is 2. The van der Waals surface area contributed by atoms with Crippen molar-refractivity contribution in [2.75, 3.05) is 5.32 Å². The first kappa shape index (κ1) is 10.7. The van der Waals surface area contributed by atoms with E-state index in [2.05, 4.69) is 10.4 Å². The third-order valence-electron chi connectivity index (χ3n) is 2.43. The van der Waals surface area contributed by atoms with Crippen molar-refractivity contribution in [3.8, 4) is 0 Å². The molecule has 2 aromatic rings. The minimum Gasteiger partial charge on any atom is -0.381 e. The van der Waals surface area contributed by atoms with Crippen LogP contribution in [0, 0.1) is 12.7 Å². The highest BCUT2D eigenvalue weighted by Crippen LogP contribution is 2.14. The summed E-state index contributed by atoms with van der Waals surface area (Å²) in [5, 5.41) is 7.21. The monoisotopic (exact) mass is 219 g/mol. The second-order valence-corrected chi connectivity index (χ2v) is 3.84. The normalized spacial score (nSPS) is 10.4. The first-order chi connectivity index (χ1) is 7.65. The molecule has 3 nitrogen and oxygen atoms in total. The molecule has 0 aliphatic carbocycles. The lowest BCUT2D eigenvalue weighted by Gasteiger charge is -2.05. The Balaban J connectivity index is 2.02. The molecule has 0 unspecified atom stereocenters. The fourth-order valence-electron chi connectivity index (χ4n) is 1.47. The Labute approximate surface area is 93.9 Å². The Morgan fingerprint density at radius 3 is 2.88 bits per heavy atom. The molecular formula is C12H14FN3. The molecule has 1 aromatic heterocycles. The van der Waals surface area contributed by atoms with Gasteiger partial charge < -0.3 is 5.32 Å². The van der Waals surface area contributed by atoms with Gasteiger partial charge in [-0.3, -0.25) is 4.68 Å². The topological polar surface area (TPSA) is 29.9 Å². The summed E-state index contributed by atoms with van der Waals surface area (Å²) in [4.78, 5) is 0.